The van der Waals surface area contributed by atoms with Crippen LogP contribution in [0.2, 0.25) is 5.02 Å². The summed E-state index contributed by atoms with van der Waals surface area (Å²) in [5, 5.41) is 3.31. The Kier molecular flexibility index (Phi) is 11.0. The van der Waals surface area contributed by atoms with E-state index in [9.17, 15) is 18.0 Å². The molecule has 0 aliphatic rings. The quantitative estimate of drug-likeness (QED) is 0.294. The molecule has 3 rings (SSSR count). The Morgan fingerprint density at radius 2 is 1.62 bits per heavy atom. The number of halogens is 2. The highest BCUT2D eigenvalue weighted by Gasteiger charge is 2.33. The summed E-state index contributed by atoms with van der Waals surface area (Å²) in [5.41, 5.74) is 1.94. The maximum Gasteiger partial charge on any atom is 0.244 e. The van der Waals surface area contributed by atoms with Crippen LogP contribution in [0.4, 0.5) is 5.69 Å². The van der Waals surface area contributed by atoms with Gasteiger partial charge in [0.2, 0.25) is 21.8 Å². The zero-order valence-corrected chi connectivity index (χ0v) is 25.3. The number of sulfonamides is 1. The smallest absolute Gasteiger partial charge is 0.244 e. The highest BCUT2D eigenvalue weighted by atomic mass is 79.9. The van der Waals surface area contributed by atoms with Crippen molar-refractivity contribution < 1.29 is 18.0 Å². The van der Waals surface area contributed by atoms with Crippen molar-refractivity contribution in [2.75, 3.05) is 23.7 Å². The molecular weight excluding hydrogens is 602 g/mol. The van der Waals surface area contributed by atoms with E-state index in [2.05, 4.69) is 21.2 Å². The van der Waals surface area contributed by atoms with Crippen molar-refractivity contribution in [1.29, 1.82) is 0 Å². The number of nitrogens with one attached hydrogen (secondary N) is 1. The molecule has 7 nitrogen and oxygen atoms in total. The number of rotatable bonds is 12. The van der Waals surface area contributed by atoms with Crippen molar-refractivity contribution in [3.63, 3.8) is 0 Å². The normalized spacial score (nSPS) is 12.2. The number of amides is 2. The van der Waals surface area contributed by atoms with Gasteiger partial charge in [-0.1, -0.05) is 89.9 Å². The van der Waals surface area contributed by atoms with Crippen LogP contribution in [-0.4, -0.2) is 50.5 Å². The average Bonchev–Trinajstić information content (AvgIpc) is 2.87. The van der Waals surface area contributed by atoms with Crippen molar-refractivity contribution in [3.05, 3.63) is 99.5 Å². The molecule has 0 bridgehead atoms. The molecule has 39 heavy (non-hydrogen) atoms. The molecule has 1 atom stereocenters. The minimum absolute atomic E-state index is 0.109. The first-order chi connectivity index (χ1) is 18.4. The number of carbonyl (C=O) groups excluding carboxylic acids is 2. The van der Waals surface area contributed by atoms with Gasteiger partial charge in [-0.25, -0.2) is 8.42 Å². The summed E-state index contributed by atoms with van der Waals surface area (Å²) in [6.07, 6.45) is 1.30. The van der Waals surface area contributed by atoms with E-state index in [0.717, 1.165) is 26.2 Å². The van der Waals surface area contributed by atoms with Crippen LogP contribution in [0, 0.1) is 5.92 Å². The second-order valence-corrected chi connectivity index (χ2v) is 13.0. The summed E-state index contributed by atoms with van der Waals surface area (Å²) < 4.78 is 27.4. The Bertz CT molecular complexity index is 1390. The summed E-state index contributed by atoms with van der Waals surface area (Å²) in [5.74, 6) is -0.602. The number of anilines is 1. The molecular formula is C29H33BrClN3O4S. The lowest BCUT2D eigenvalue weighted by molar-refractivity contribution is -0.140. The molecule has 0 radical (unpaired) electrons. The molecule has 3 aromatic carbocycles. The third-order valence-corrected chi connectivity index (χ3v) is 7.84. The number of benzene rings is 3. The summed E-state index contributed by atoms with van der Waals surface area (Å²) in [4.78, 5) is 29.1. The van der Waals surface area contributed by atoms with E-state index in [1.54, 1.807) is 18.2 Å². The highest BCUT2D eigenvalue weighted by Crippen LogP contribution is 2.23. The van der Waals surface area contributed by atoms with Crippen molar-refractivity contribution in [2.24, 2.45) is 5.92 Å². The lowest BCUT2D eigenvalue weighted by Crippen LogP contribution is -2.53. The van der Waals surface area contributed by atoms with Crippen LogP contribution in [0.15, 0.2) is 83.3 Å². The van der Waals surface area contributed by atoms with Crippen molar-refractivity contribution in [1.82, 2.24) is 10.2 Å². The Morgan fingerprint density at radius 3 is 2.23 bits per heavy atom. The van der Waals surface area contributed by atoms with Gasteiger partial charge in [-0.3, -0.25) is 13.9 Å². The maximum atomic E-state index is 14.0. The molecule has 208 valence electrons. The third-order valence-electron chi connectivity index (χ3n) is 5.97. The van der Waals surface area contributed by atoms with E-state index in [1.807, 2.05) is 68.4 Å². The predicted molar refractivity (Wildman–Crippen MR) is 160 cm³/mol. The van der Waals surface area contributed by atoms with Gasteiger partial charge in [0, 0.05) is 29.0 Å². The van der Waals surface area contributed by atoms with Gasteiger partial charge >= 0.3 is 0 Å². The van der Waals surface area contributed by atoms with Crippen LogP contribution >= 0.6 is 27.5 Å². The van der Waals surface area contributed by atoms with Gasteiger partial charge in [0.1, 0.15) is 12.6 Å². The molecule has 0 aromatic heterocycles. The molecule has 0 heterocycles. The number of hydrogen-bond donors (Lipinski definition) is 1. The first-order valence-corrected chi connectivity index (χ1v) is 15.5. The third kappa shape index (κ3) is 9.37. The fourth-order valence-corrected chi connectivity index (χ4v) is 5.53. The van der Waals surface area contributed by atoms with Crippen LogP contribution in [0.1, 0.15) is 25.0 Å². The standard InChI is InChI=1S/C29H33BrClN3O4S/c1-21(2)18-32-29(36)27(16-22-9-5-4-6-10-22)33(19-23-11-7-12-24(30)15-23)28(35)20-34(39(3,37)38)26-14-8-13-25(31)17-26/h4-15,17,21,27H,16,18-20H2,1-3H3,(H,32,36). The molecule has 0 fully saturated rings. The van der Waals surface area contributed by atoms with Crippen LogP contribution in [0.5, 0.6) is 0 Å². The monoisotopic (exact) mass is 633 g/mol. The van der Waals surface area contributed by atoms with Crippen LogP contribution in [0.25, 0.3) is 0 Å². The lowest BCUT2D eigenvalue weighted by Gasteiger charge is -2.33. The van der Waals surface area contributed by atoms with E-state index in [1.165, 1.54) is 11.0 Å². The van der Waals surface area contributed by atoms with Crippen LogP contribution in [0.3, 0.4) is 0 Å². The minimum atomic E-state index is -3.85. The SMILES string of the molecule is CC(C)CNC(=O)C(Cc1ccccc1)N(Cc1cccc(Br)c1)C(=O)CN(c1cccc(Cl)c1)S(C)(=O)=O. The molecule has 0 saturated heterocycles. The predicted octanol–water partition coefficient (Wildman–Crippen LogP) is 5.28. The van der Waals surface area contributed by atoms with Gasteiger partial charge in [0.15, 0.2) is 0 Å². The second kappa shape index (κ2) is 14.0. The van der Waals surface area contributed by atoms with Crippen LogP contribution < -0.4 is 9.62 Å². The van der Waals surface area contributed by atoms with E-state index >= 15 is 0 Å². The zero-order chi connectivity index (χ0) is 28.6. The van der Waals surface area contributed by atoms with E-state index in [0.29, 0.717) is 11.6 Å². The molecule has 0 spiro atoms. The lowest BCUT2D eigenvalue weighted by atomic mass is 10.0. The molecule has 3 aromatic rings. The van der Waals surface area contributed by atoms with Gasteiger partial charge in [0.05, 0.1) is 11.9 Å². The zero-order valence-electron chi connectivity index (χ0n) is 22.2. The van der Waals surface area contributed by atoms with E-state index in [-0.39, 0.29) is 30.5 Å². The summed E-state index contributed by atoms with van der Waals surface area (Å²) in [7, 11) is -3.85. The van der Waals surface area contributed by atoms with Crippen molar-refractivity contribution in [3.8, 4) is 0 Å². The van der Waals surface area contributed by atoms with Gasteiger partial charge in [-0.2, -0.15) is 0 Å². The van der Waals surface area contributed by atoms with Gasteiger partial charge in [-0.05, 0) is 47.4 Å². The van der Waals surface area contributed by atoms with Gasteiger partial charge in [-0.15, -0.1) is 0 Å². The first-order valence-electron chi connectivity index (χ1n) is 12.5. The summed E-state index contributed by atoms with van der Waals surface area (Å²) in [6, 6.07) is 22.3. The Balaban J connectivity index is 2.05. The molecule has 0 saturated carbocycles. The Labute approximate surface area is 244 Å². The van der Waals surface area contributed by atoms with E-state index < -0.39 is 28.5 Å². The summed E-state index contributed by atoms with van der Waals surface area (Å²) >= 11 is 9.60. The van der Waals surface area contributed by atoms with Crippen LogP contribution in [-0.2, 0) is 32.6 Å². The fraction of sp³-hybridized carbons (Fsp3) is 0.310. The summed E-state index contributed by atoms with van der Waals surface area (Å²) in [6.45, 7) is 4.05. The largest absolute Gasteiger partial charge is 0.354 e. The van der Waals surface area contributed by atoms with Crippen molar-refractivity contribution in [2.45, 2.75) is 32.9 Å². The molecule has 1 N–H and O–H groups in total. The van der Waals surface area contributed by atoms with Gasteiger partial charge < -0.3 is 10.2 Å². The first kappa shape index (κ1) is 30.7. The van der Waals surface area contributed by atoms with Gasteiger partial charge in [0.25, 0.3) is 0 Å². The number of carbonyl (C=O) groups is 2. The molecule has 2 amide bonds. The number of hydrogen-bond acceptors (Lipinski definition) is 4. The van der Waals surface area contributed by atoms with E-state index in [4.69, 9.17) is 11.6 Å². The number of nitrogens with zero attached hydrogens (tertiary/aromatic N) is 2. The average molecular weight is 635 g/mol. The Morgan fingerprint density at radius 1 is 0.949 bits per heavy atom. The molecule has 0 aliphatic carbocycles. The fourth-order valence-electron chi connectivity index (χ4n) is 4.05. The minimum Gasteiger partial charge on any atom is -0.354 e. The maximum absolute atomic E-state index is 14.0. The highest BCUT2D eigenvalue weighted by molar-refractivity contribution is 9.10. The molecule has 1 unspecified atom stereocenters. The molecule has 0 aliphatic heterocycles. The molecule has 10 heteroatoms. The van der Waals surface area contributed by atoms with Crippen molar-refractivity contribution >= 4 is 55.1 Å². The Hall–Kier alpha value is -2.88. The second-order valence-electron chi connectivity index (χ2n) is 9.75. The topological polar surface area (TPSA) is 86.8 Å².